The van der Waals surface area contributed by atoms with Crippen LogP contribution in [0.5, 0.6) is 11.5 Å². The molecule has 41 heavy (non-hydrogen) atoms. The predicted octanol–water partition coefficient (Wildman–Crippen LogP) is 6.46. The third-order valence-electron chi connectivity index (χ3n) is 7.89. The van der Waals surface area contributed by atoms with Crippen molar-refractivity contribution < 1.29 is 19.1 Å². The molecule has 210 valence electrons. The van der Waals surface area contributed by atoms with Crippen LogP contribution in [0.2, 0.25) is 0 Å². The molecule has 1 atom stereocenters. The topological polar surface area (TPSA) is 80.8 Å². The van der Waals surface area contributed by atoms with Crippen LogP contribution in [0.4, 0.5) is 5.69 Å². The van der Waals surface area contributed by atoms with Crippen molar-refractivity contribution in [3.63, 3.8) is 0 Å². The SMILES string of the molecule is Cc1cc(C)cc(N(C(=O)c2ccc3c(c2)OCCO3)C(C(=O)NC2CCCCC2)c2ccc3ncccc3c2)c1. The number of aryl methyl sites for hydroxylation is 2. The normalized spacial score (nSPS) is 15.8. The highest BCUT2D eigenvalue weighted by Gasteiger charge is 2.35. The number of rotatable bonds is 6. The number of anilines is 1. The van der Waals surface area contributed by atoms with E-state index in [1.54, 1.807) is 29.3 Å². The molecule has 1 aliphatic carbocycles. The van der Waals surface area contributed by atoms with Gasteiger partial charge in [0.15, 0.2) is 11.5 Å². The number of nitrogens with zero attached hydrogens (tertiary/aromatic N) is 2. The summed E-state index contributed by atoms with van der Waals surface area (Å²) in [5, 5.41) is 4.22. The number of nitrogens with one attached hydrogen (secondary N) is 1. The number of benzene rings is 3. The van der Waals surface area contributed by atoms with E-state index in [0.717, 1.165) is 53.3 Å². The summed E-state index contributed by atoms with van der Waals surface area (Å²) in [4.78, 5) is 35.0. The summed E-state index contributed by atoms with van der Waals surface area (Å²) in [7, 11) is 0. The summed E-state index contributed by atoms with van der Waals surface area (Å²) in [5.74, 6) is 0.661. The van der Waals surface area contributed by atoms with Gasteiger partial charge in [0, 0.05) is 28.9 Å². The smallest absolute Gasteiger partial charge is 0.259 e. The molecule has 1 fully saturated rings. The van der Waals surface area contributed by atoms with Gasteiger partial charge < -0.3 is 14.8 Å². The molecule has 1 saturated carbocycles. The molecule has 2 amide bonds. The van der Waals surface area contributed by atoms with E-state index >= 15 is 0 Å². The van der Waals surface area contributed by atoms with Crippen molar-refractivity contribution in [3.8, 4) is 11.5 Å². The molecule has 0 radical (unpaired) electrons. The average molecular weight is 550 g/mol. The van der Waals surface area contributed by atoms with Gasteiger partial charge in [0.2, 0.25) is 5.91 Å². The molecule has 7 heteroatoms. The molecule has 1 N–H and O–H groups in total. The Labute approximate surface area is 240 Å². The van der Waals surface area contributed by atoms with Gasteiger partial charge in [-0.2, -0.15) is 0 Å². The van der Waals surface area contributed by atoms with Crippen molar-refractivity contribution in [2.75, 3.05) is 18.1 Å². The van der Waals surface area contributed by atoms with E-state index in [-0.39, 0.29) is 17.9 Å². The van der Waals surface area contributed by atoms with E-state index in [2.05, 4.69) is 16.4 Å². The zero-order valence-corrected chi connectivity index (χ0v) is 23.6. The second-order valence-electron chi connectivity index (χ2n) is 11.1. The number of carbonyl (C=O) groups is 2. The fraction of sp³-hybridized carbons (Fsp3) is 0.324. The zero-order valence-electron chi connectivity index (χ0n) is 23.6. The Morgan fingerprint density at radius 2 is 1.63 bits per heavy atom. The summed E-state index contributed by atoms with van der Waals surface area (Å²) in [6, 6.07) is 20.1. The lowest BCUT2D eigenvalue weighted by Gasteiger charge is -2.34. The van der Waals surface area contributed by atoms with Gasteiger partial charge in [0.25, 0.3) is 5.91 Å². The van der Waals surface area contributed by atoms with E-state index in [1.807, 2.05) is 56.3 Å². The Kier molecular flexibility index (Phi) is 7.59. The summed E-state index contributed by atoms with van der Waals surface area (Å²) in [5.41, 5.74) is 4.66. The molecule has 6 rings (SSSR count). The standard InChI is InChI=1S/C34H35N3O4/c1-22-17-23(2)19-28(18-22)37(34(39)26-11-13-30-31(21-26)41-16-15-40-30)32(33(38)36-27-8-4-3-5-9-27)25-10-12-29-24(20-25)7-6-14-35-29/h6-7,10-14,17-21,27,32H,3-5,8-9,15-16H2,1-2H3,(H,36,38). The van der Waals surface area contributed by atoms with Gasteiger partial charge >= 0.3 is 0 Å². The first-order chi connectivity index (χ1) is 20.0. The molecule has 0 spiro atoms. The quantitative estimate of drug-likeness (QED) is 0.299. The number of fused-ring (bicyclic) bond motifs is 2. The average Bonchev–Trinajstić information content (AvgIpc) is 2.99. The second kappa shape index (κ2) is 11.6. The third-order valence-corrected chi connectivity index (χ3v) is 7.89. The number of hydrogen-bond donors (Lipinski definition) is 1. The minimum atomic E-state index is -0.900. The maximum atomic E-state index is 14.6. The Bertz CT molecular complexity index is 1570. The summed E-state index contributed by atoms with van der Waals surface area (Å²) < 4.78 is 11.5. The number of ether oxygens (including phenoxy) is 2. The molecule has 1 aliphatic heterocycles. The minimum Gasteiger partial charge on any atom is -0.486 e. The van der Waals surface area contributed by atoms with Gasteiger partial charge in [0.1, 0.15) is 19.3 Å². The van der Waals surface area contributed by atoms with Crippen LogP contribution < -0.4 is 19.7 Å². The van der Waals surface area contributed by atoms with Gasteiger partial charge in [-0.15, -0.1) is 0 Å². The number of aromatic nitrogens is 1. The lowest BCUT2D eigenvalue weighted by Crippen LogP contribution is -2.47. The van der Waals surface area contributed by atoms with Crippen LogP contribution in [0.15, 0.2) is 72.9 Å². The van der Waals surface area contributed by atoms with Crippen LogP contribution in [0.1, 0.15) is 65.2 Å². The van der Waals surface area contributed by atoms with Crippen molar-refractivity contribution >= 4 is 28.4 Å². The predicted molar refractivity (Wildman–Crippen MR) is 160 cm³/mol. The highest BCUT2D eigenvalue weighted by molar-refractivity contribution is 6.10. The lowest BCUT2D eigenvalue weighted by molar-refractivity contribution is -0.123. The summed E-state index contributed by atoms with van der Waals surface area (Å²) >= 11 is 0. The number of carbonyl (C=O) groups excluding carboxylic acids is 2. The monoisotopic (exact) mass is 549 g/mol. The fourth-order valence-electron chi connectivity index (χ4n) is 6.00. The highest BCUT2D eigenvalue weighted by Crippen LogP contribution is 2.36. The molecule has 1 aromatic heterocycles. The van der Waals surface area contributed by atoms with Crippen molar-refractivity contribution in [2.45, 2.75) is 58.0 Å². The number of pyridine rings is 1. The molecular formula is C34H35N3O4. The van der Waals surface area contributed by atoms with Crippen LogP contribution >= 0.6 is 0 Å². The maximum Gasteiger partial charge on any atom is 0.259 e. The Morgan fingerprint density at radius 3 is 2.41 bits per heavy atom. The van der Waals surface area contributed by atoms with Crippen molar-refractivity contribution in [2.24, 2.45) is 0 Å². The van der Waals surface area contributed by atoms with E-state index in [9.17, 15) is 9.59 Å². The molecule has 7 nitrogen and oxygen atoms in total. The molecule has 4 aromatic rings. The van der Waals surface area contributed by atoms with Gasteiger partial charge in [-0.1, -0.05) is 37.5 Å². The molecule has 2 aliphatic rings. The van der Waals surface area contributed by atoms with Crippen LogP contribution in [0.3, 0.4) is 0 Å². The van der Waals surface area contributed by atoms with Gasteiger partial charge in [-0.05, 0) is 91.9 Å². The fourth-order valence-corrected chi connectivity index (χ4v) is 6.00. The largest absolute Gasteiger partial charge is 0.486 e. The summed E-state index contributed by atoms with van der Waals surface area (Å²) in [6.45, 7) is 4.89. The van der Waals surface area contributed by atoms with E-state index in [4.69, 9.17) is 9.47 Å². The Hall–Kier alpha value is -4.39. The van der Waals surface area contributed by atoms with Gasteiger partial charge in [-0.3, -0.25) is 19.5 Å². The molecule has 1 unspecified atom stereocenters. The first-order valence-electron chi connectivity index (χ1n) is 14.4. The van der Waals surface area contributed by atoms with Gasteiger partial charge in [-0.25, -0.2) is 0 Å². The van der Waals surface area contributed by atoms with Crippen LogP contribution in [0, 0.1) is 13.8 Å². The Morgan fingerprint density at radius 1 is 0.878 bits per heavy atom. The molecule has 0 bridgehead atoms. The summed E-state index contributed by atoms with van der Waals surface area (Å²) in [6.07, 6.45) is 7.01. The maximum absolute atomic E-state index is 14.6. The van der Waals surface area contributed by atoms with Crippen LogP contribution in [-0.2, 0) is 4.79 Å². The molecule has 3 aromatic carbocycles. The minimum absolute atomic E-state index is 0.0892. The lowest BCUT2D eigenvalue weighted by atomic mass is 9.94. The van der Waals surface area contributed by atoms with E-state index in [1.165, 1.54) is 6.42 Å². The van der Waals surface area contributed by atoms with Crippen LogP contribution in [0.25, 0.3) is 10.9 Å². The third kappa shape index (κ3) is 5.75. The van der Waals surface area contributed by atoms with Crippen LogP contribution in [-0.4, -0.2) is 36.1 Å². The molecular weight excluding hydrogens is 514 g/mol. The van der Waals surface area contributed by atoms with Gasteiger partial charge in [0.05, 0.1) is 5.52 Å². The highest BCUT2D eigenvalue weighted by atomic mass is 16.6. The van der Waals surface area contributed by atoms with Crippen molar-refractivity contribution in [1.29, 1.82) is 0 Å². The van der Waals surface area contributed by atoms with Crippen molar-refractivity contribution in [1.82, 2.24) is 10.3 Å². The Balaban J connectivity index is 1.49. The van der Waals surface area contributed by atoms with E-state index < -0.39 is 6.04 Å². The number of hydrogen-bond acceptors (Lipinski definition) is 5. The first-order valence-corrected chi connectivity index (χ1v) is 14.4. The van der Waals surface area contributed by atoms with Crippen molar-refractivity contribution in [3.05, 3.63) is 95.2 Å². The number of amides is 2. The molecule has 2 heterocycles. The zero-order chi connectivity index (χ0) is 28.3. The second-order valence-corrected chi connectivity index (χ2v) is 11.1. The van der Waals surface area contributed by atoms with E-state index in [0.29, 0.717) is 36.0 Å². The first kappa shape index (κ1) is 26.8. The molecule has 0 saturated heterocycles.